The van der Waals surface area contributed by atoms with Gasteiger partial charge in [-0.15, -0.1) is 11.6 Å². The van der Waals surface area contributed by atoms with E-state index < -0.39 is 0 Å². The summed E-state index contributed by atoms with van der Waals surface area (Å²) in [7, 11) is 0. The SMILES string of the molecule is CCCCCCCCn1c(CCl)nc2cc(Cl)c(Cl)cc21. The Morgan fingerprint density at radius 3 is 2.38 bits per heavy atom. The Bertz CT molecular complexity index is 593. The van der Waals surface area contributed by atoms with E-state index in [1.165, 1.54) is 32.1 Å². The van der Waals surface area contributed by atoms with Gasteiger partial charge in [0.05, 0.1) is 27.0 Å². The second kappa shape index (κ2) is 8.26. The van der Waals surface area contributed by atoms with Gasteiger partial charge in [-0.1, -0.05) is 62.2 Å². The summed E-state index contributed by atoms with van der Waals surface area (Å²) in [6, 6.07) is 3.70. The molecule has 1 heterocycles. The average molecular weight is 348 g/mol. The zero-order chi connectivity index (χ0) is 15.2. The number of imidazole rings is 1. The van der Waals surface area contributed by atoms with Crippen LogP contribution in [-0.4, -0.2) is 9.55 Å². The highest BCUT2D eigenvalue weighted by Gasteiger charge is 2.12. The quantitative estimate of drug-likeness (QED) is 0.396. The third kappa shape index (κ3) is 4.28. The number of benzene rings is 1. The zero-order valence-electron chi connectivity index (χ0n) is 12.3. The molecular weight excluding hydrogens is 327 g/mol. The summed E-state index contributed by atoms with van der Waals surface area (Å²) < 4.78 is 2.17. The molecule has 21 heavy (non-hydrogen) atoms. The molecule has 2 nitrogen and oxygen atoms in total. The molecule has 0 saturated heterocycles. The third-order valence-corrected chi connectivity index (χ3v) is 4.69. The summed E-state index contributed by atoms with van der Waals surface area (Å²) in [6.07, 6.45) is 7.60. The lowest BCUT2D eigenvalue weighted by Crippen LogP contribution is -2.02. The van der Waals surface area contributed by atoms with Crippen LogP contribution in [-0.2, 0) is 12.4 Å². The molecule has 0 aliphatic carbocycles. The van der Waals surface area contributed by atoms with Crippen molar-refractivity contribution in [2.45, 2.75) is 57.9 Å². The van der Waals surface area contributed by atoms with E-state index in [0.29, 0.717) is 15.9 Å². The highest BCUT2D eigenvalue weighted by molar-refractivity contribution is 6.42. The molecule has 0 radical (unpaired) electrons. The molecular formula is C16H21Cl3N2. The van der Waals surface area contributed by atoms with E-state index in [1.54, 1.807) is 0 Å². The molecule has 0 atom stereocenters. The van der Waals surface area contributed by atoms with Gasteiger partial charge in [-0.2, -0.15) is 0 Å². The summed E-state index contributed by atoms with van der Waals surface area (Å²) in [5.41, 5.74) is 1.89. The van der Waals surface area contributed by atoms with Gasteiger partial charge in [-0.3, -0.25) is 0 Å². The fraction of sp³-hybridized carbons (Fsp3) is 0.562. The van der Waals surface area contributed by atoms with Crippen molar-refractivity contribution < 1.29 is 0 Å². The number of hydrogen-bond donors (Lipinski definition) is 0. The molecule has 116 valence electrons. The van der Waals surface area contributed by atoms with Gasteiger partial charge < -0.3 is 4.57 Å². The van der Waals surface area contributed by atoms with Crippen molar-refractivity contribution in [2.75, 3.05) is 0 Å². The van der Waals surface area contributed by atoms with Crippen molar-refractivity contribution >= 4 is 45.8 Å². The minimum atomic E-state index is 0.403. The molecule has 0 fully saturated rings. The zero-order valence-corrected chi connectivity index (χ0v) is 14.6. The van der Waals surface area contributed by atoms with E-state index >= 15 is 0 Å². The lowest BCUT2D eigenvalue weighted by Gasteiger charge is -2.08. The molecule has 0 unspecified atom stereocenters. The first-order valence-corrected chi connectivity index (χ1v) is 8.86. The molecule has 0 aliphatic rings. The smallest absolute Gasteiger partial charge is 0.124 e. The Morgan fingerprint density at radius 1 is 1.00 bits per heavy atom. The summed E-state index contributed by atoms with van der Waals surface area (Å²) in [5, 5.41) is 1.10. The predicted octanol–water partition coefficient (Wildman–Crippen LogP) is 6.44. The Morgan fingerprint density at radius 2 is 1.67 bits per heavy atom. The largest absolute Gasteiger partial charge is 0.327 e. The van der Waals surface area contributed by atoms with Crippen molar-refractivity contribution in [1.29, 1.82) is 0 Å². The standard InChI is InChI=1S/C16H21Cl3N2/c1-2-3-4-5-6-7-8-21-15-10-13(19)12(18)9-14(15)20-16(21)11-17/h9-10H,2-8,11H2,1H3. The van der Waals surface area contributed by atoms with Gasteiger partial charge in [-0.25, -0.2) is 4.98 Å². The molecule has 0 saturated carbocycles. The lowest BCUT2D eigenvalue weighted by molar-refractivity contribution is 0.557. The Balaban J connectivity index is 2.08. The number of aryl methyl sites for hydroxylation is 1. The van der Waals surface area contributed by atoms with Crippen LogP contribution in [0.25, 0.3) is 11.0 Å². The average Bonchev–Trinajstić information content (AvgIpc) is 2.80. The van der Waals surface area contributed by atoms with Crippen LogP contribution in [0.3, 0.4) is 0 Å². The van der Waals surface area contributed by atoms with Crippen molar-refractivity contribution in [3.05, 3.63) is 28.0 Å². The Labute approximate surface area is 141 Å². The maximum atomic E-state index is 6.12. The predicted molar refractivity (Wildman–Crippen MR) is 92.7 cm³/mol. The van der Waals surface area contributed by atoms with E-state index in [0.717, 1.165) is 29.8 Å². The van der Waals surface area contributed by atoms with Crippen LogP contribution in [0.1, 0.15) is 51.3 Å². The molecule has 2 rings (SSSR count). The maximum absolute atomic E-state index is 6.12. The van der Waals surface area contributed by atoms with Gasteiger partial charge in [0, 0.05) is 6.54 Å². The van der Waals surface area contributed by atoms with Crippen LogP contribution in [0, 0.1) is 0 Å². The monoisotopic (exact) mass is 346 g/mol. The fourth-order valence-corrected chi connectivity index (χ4v) is 3.09. The van der Waals surface area contributed by atoms with Crippen molar-refractivity contribution in [3.63, 3.8) is 0 Å². The topological polar surface area (TPSA) is 17.8 Å². The van der Waals surface area contributed by atoms with E-state index in [2.05, 4.69) is 16.5 Å². The number of halogens is 3. The van der Waals surface area contributed by atoms with Crippen LogP contribution < -0.4 is 0 Å². The first-order valence-electron chi connectivity index (χ1n) is 7.57. The number of fused-ring (bicyclic) bond motifs is 1. The Hall–Kier alpha value is -0.440. The minimum absolute atomic E-state index is 0.403. The molecule has 0 aliphatic heterocycles. The van der Waals surface area contributed by atoms with Gasteiger partial charge >= 0.3 is 0 Å². The first-order chi connectivity index (χ1) is 10.2. The van der Waals surface area contributed by atoms with Gasteiger partial charge in [0.1, 0.15) is 5.82 Å². The number of alkyl halides is 1. The third-order valence-electron chi connectivity index (χ3n) is 3.72. The summed E-state index contributed by atoms with van der Waals surface area (Å²) >= 11 is 18.2. The van der Waals surface area contributed by atoms with Crippen molar-refractivity contribution in [3.8, 4) is 0 Å². The van der Waals surface area contributed by atoms with Gasteiger partial charge in [0.2, 0.25) is 0 Å². The second-order valence-electron chi connectivity index (χ2n) is 5.34. The highest BCUT2D eigenvalue weighted by atomic mass is 35.5. The minimum Gasteiger partial charge on any atom is -0.327 e. The van der Waals surface area contributed by atoms with E-state index in [-0.39, 0.29) is 0 Å². The van der Waals surface area contributed by atoms with Gasteiger partial charge in [0.25, 0.3) is 0 Å². The molecule has 2 aromatic rings. The molecule has 0 N–H and O–H groups in total. The summed E-state index contributed by atoms with van der Waals surface area (Å²) in [4.78, 5) is 4.55. The molecule has 0 spiro atoms. The first kappa shape index (κ1) is 16.9. The number of unbranched alkanes of at least 4 members (excludes halogenated alkanes) is 5. The number of nitrogens with zero attached hydrogens (tertiary/aromatic N) is 2. The van der Waals surface area contributed by atoms with Crippen LogP contribution in [0.5, 0.6) is 0 Å². The van der Waals surface area contributed by atoms with Crippen molar-refractivity contribution in [2.24, 2.45) is 0 Å². The summed E-state index contributed by atoms with van der Waals surface area (Å²) in [6.45, 7) is 3.17. The highest BCUT2D eigenvalue weighted by Crippen LogP contribution is 2.29. The second-order valence-corrected chi connectivity index (χ2v) is 6.42. The fourth-order valence-electron chi connectivity index (χ4n) is 2.57. The van der Waals surface area contributed by atoms with Crippen molar-refractivity contribution in [1.82, 2.24) is 9.55 Å². The summed E-state index contributed by atoms with van der Waals surface area (Å²) in [5.74, 6) is 1.29. The molecule has 5 heteroatoms. The molecule has 1 aromatic carbocycles. The van der Waals surface area contributed by atoms with Gasteiger partial charge in [0.15, 0.2) is 0 Å². The van der Waals surface area contributed by atoms with E-state index in [9.17, 15) is 0 Å². The lowest BCUT2D eigenvalue weighted by atomic mass is 10.1. The number of rotatable bonds is 8. The van der Waals surface area contributed by atoms with Crippen LogP contribution >= 0.6 is 34.8 Å². The Kier molecular flexibility index (Phi) is 6.66. The van der Waals surface area contributed by atoms with Crippen LogP contribution in [0.4, 0.5) is 0 Å². The maximum Gasteiger partial charge on any atom is 0.124 e. The number of hydrogen-bond acceptors (Lipinski definition) is 1. The van der Waals surface area contributed by atoms with Crippen LogP contribution in [0.15, 0.2) is 12.1 Å². The number of aromatic nitrogens is 2. The normalized spacial score (nSPS) is 11.4. The van der Waals surface area contributed by atoms with Crippen LogP contribution in [0.2, 0.25) is 10.0 Å². The molecule has 0 amide bonds. The van der Waals surface area contributed by atoms with E-state index in [4.69, 9.17) is 34.8 Å². The molecule has 0 bridgehead atoms. The van der Waals surface area contributed by atoms with E-state index in [1.807, 2.05) is 12.1 Å². The molecule has 1 aromatic heterocycles. The van der Waals surface area contributed by atoms with Gasteiger partial charge in [-0.05, 0) is 18.6 Å².